The topological polar surface area (TPSA) is 42.0 Å². The third kappa shape index (κ3) is 3.17. The van der Waals surface area contributed by atoms with Crippen molar-refractivity contribution in [2.24, 2.45) is 0 Å². The minimum atomic E-state index is -0.468. The maximum absolute atomic E-state index is 12.7. The molecular weight excluding hydrogens is 311 g/mol. The van der Waals surface area contributed by atoms with Gasteiger partial charge in [-0.15, -0.1) is 0 Å². The van der Waals surface area contributed by atoms with E-state index in [0.29, 0.717) is 5.69 Å². The van der Waals surface area contributed by atoms with E-state index in [1.807, 2.05) is 26.0 Å². The molecule has 1 aromatic carbocycles. The van der Waals surface area contributed by atoms with Crippen molar-refractivity contribution in [3.8, 4) is 0 Å². The number of hydrogen-bond acceptors (Lipinski definition) is 2. The number of carbonyl (C=O) groups is 1. The number of hydrogen-bond donors (Lipinski definition) is 1. The van der Waals surface area contributed by atoms with Gasteiger partial charge in [-0.05, 0) is 59.1 Å². The van der Waals surface area contributed by atoms with Gasteiger partial charge in [0.2, 0.25) is 0 Å². The standard InChI is InChI=1S/C14H12BrFN2O/c1-8-5-9(2)13(11(15)6-8)18-14(19)12-4-3-10(16)7-17-12/h3-7H,1-2H3,(H,18,19). The molecule has 0 atom stereocenters. The Balaban J connectivity index is 2.26. The van der Waals surface area contributed by atoms with Gasteiger partial charge in [0, 0.05) is 4.47 Å². The van der Waals surface area contributed by atoms with Crippen LogP contribution in [0, 0.1) is 19.7 Å². The van der Waals surface area contributed by atoms with E-state index >= 15 is 0 Å². The van der Waals surface area contributed by atoms with Gasteiger partial charge in [-0.1, -0.05) is 6.07 Å². The van der Waals surface area contributed by atoms with E-state index in [4.69, 9.17) is 0 Å². The largest absolute Gasteiger partial charge is 0.319 e. The van der Waals surface area contributed by atoms with E-state index in [1.165, 1.54) is 12.1 Å². The van der Waals surface area contributed by atoms with Crippen LogP contribution in [0.3, 0.4) is 0 Å². The quantitative estimate of drug-likeness (QED) is 0.912. The normalized spacial score (nSPS) is 10.3. The highest BCUT2D eigenvalue weighted by Crippen LogP contribution is 2.28. The second-order valence-corrected chi connectivity index (χ2v) is 5.11. The summed E-state index contributed by atoms with van der Waals surface area (Å²) in [6.45, 7) is 3.89. The van der Waals surface area contributed by atoms with Crippen LogP contribution in [-0.2, 0) is 0 Å². The van der Waals surface area contributed by atoms with Gasteiger partial charge in [0.1, 0.15) is 11.5 Å². The molecule has 2 aromatic rings. The van der Waals surface area contributed by atoms with E-state index in [9.17, 15) is 9.18 Å². The first kappa shape index (κ1) is 13.7. The molecule has 0 fully saturated rings. The summed E-state index contributed by atoms with van der Waals surface area (Å²) in [5.74, 6) is -0.836. The van der Waals surface area contributed by atoms with E-state index in [1.54, 1.807) is 0 Å². The van der Waals surface area contributed by atoms with Gasteiger partial charge in [-0.2, -0.15) is 0 Å². The van der Waals surface area contributed by atoms with Crippen molar-refractivity contribution in [1.82, 2.24) is 4.98 Å². The number of carbonyl (C=O) groups excluding carboxylic acids is 1. The number of benzene rings is 1. The number of anilines is 1. The molecule has 0 aliphatic carbocycles. The molecule has 0 bridgehead atoms. The molecule has 0 unspecified atom stereocenters. The Morgan fingerprint density at radius 3 is 2.63 bits per heavy atom. The van der Waals surface area contributed by atoms with E-state index in [2.05, 4.69) is 26.2 Å². The van der Waals surface area contributed by atoms with E-state index < -0.39 is 5.82 Å². The lowest BCUT2D eigenvalue weighted by Crippen LogP contribution is -2.15. The lowest BCUT2D eigenvalue weighted by Gasteiger charge is -2.11. The highest BCUT2D eigenvalue weighted by Gasteiger charge is 2.12. The summed E-state index contributed by atoms with van der Waals surface area (Å²) >= 11 is 3.42. The highest BCUT2D eigenvalue weighted by atomic mass is 79.9. The lowest BCUT2D eigenvalue weighted by atomic mass is 10.1. The zero-order valence-corrected chi connectivity index (χ0v) is 12.1. The maximum atomic E-state index is 12.7. The van der Waals surface area contributed by atoms with Gasteiger partial charge >= 0.3 is 0 Å². The molecule has 1 N–H and O–H groups in total. The van der Waals surface area contributed by atoms with Crippen LogP contribution >= 0.6 is 15.9 Å². The number of aromatic nitrogens is 1. The molecule has 1 aromatic heterocycles. The molecule has 19 heavy (non-hydrogen) atoms. The molecule has 5 heteroatoms. The molecule has 0 radical (unpaired) electrons. The molecule has 1 amide bonds. The SMILES string of the molecule is Cc1cc(C)c(NC(=O)c2ccc(F)cn2)c(Br)c1. The van der Waals surface area contributed by atoms with Crippen LogP contribution in [-0.4, -0.2) is 10.9 Å². The number of aryl methyl sites for hydroxylation is 2. The van der Waals surface area contributed by atoms with Crippen molar-refractivity contribution >= 4 is 27.5 Å². The zero-order valence-electron chi connectivity index (χ0n) is 10.5. The molecule has 2 rings (SSSR count). The zero-order chi connectivity index (χ0) is 14.0. The number of rotatable bonds is 2. The third-order valence-electron chi connectivity index (χ3n) is 2.63. The molecule has 0 aliphatic rings. The smallest absolute Gasteiger partial charge is 0.274 e. The Bertz CT molecular complexity index is 603. The van der Waals surface area contributed by atoms with Crippen molar-refractivity contribution in [3.05, 3.63) is 57.6 Å². The van der Waals surface area contributed by atoms with Crippen molar-refractivity contribution in [2.75, 3.05) is 5.32 Å². The van der Waals surface area contributed by atoms with Crippen LogP contribution in [0.2, 0.25) is 0 Å². The fourth-order valence-corrected chi connectivity index (χ4v) is 2.53. The van der Waals surface area contributed by atoms with Crippen LogP contribution < -0.4 is 5.32 Å². The summed E-state index contributed by atoms with van der Waals surface area (Å²) in [5.41, 5.74) is 2.92. The van der Waals surface area contributed by atoms with Crippen molar-refractivity contribution < 1.29 is 9.18 Å². The average molecular weight is 323 g/mol. The van der Waals surface area contributed by atoms with Gasteiger partial charge in [-0.3, -0.25) is 4.79 Å². The number of pyridine rings is 1. The van der Waals surface area contributed by atoms with Crippen LogP contribution in [0.25, 0.3) is 0 Å². The molecular formula is C14H12BrFN2O. The fraction of sp³-hybridized carbons (Fsp3) is 0.143. The predicted molar refractivity (Wildman–Crippen MR) is 75.8 cm³/mol. The first-order valence-corrected chi connectivity index (χ1v) is 6.46. The molecule has 1 heterocycles. The molecule has 0 aliphatic heterocycles. The van der Waals surface area contributed by atoms with Crippen LogP contribution in [0.15, 0.2) is 34.9 Å². The first-order chi connectivity index (χ1) is 8.97. The Morgan fingerprint density at radius 2 is 2.05 bits per heavy atom. The first-order valence-electron chi connectivity index (χ1n) is 5.67. The summed E-state index contributed by atoms with van der Waals surface area (Å²) in [7, 11) is 0. The molecule has 0 saturated heterocycles. The summed E-state index contributed by atoms with van der Waals surface area (Å²) in [6.07, 6.45) is 1.02. The average Bonchev–Trinajstić information content (AvgIpc) is 2.34. The number of nitrogens with zero attached hydrogens (tertiary/aromatic N) is 1. The van der Waals surface area contributed by atoms with Gasteiger partial charge < -0.3 is 5.32 Å². The minimum Gasteiger partial charge on any atom is -0.319 e. The van der Waals surface area contributed by atoms with Crippen LogP contribution in [0.1, 0.15) is 21.6 Å². The summed E-state index contributed by atoms with van der Waals surface area (Å²) < 4.78 is 13.6. The van der Waals surface area contributed by atoms with Gasteiger partial charge in [-0.25, -0.2) is 9.37 Å². The van der Waals surface area contributed by atoms with Crippen molar-refractivity contribution in [1.29, 1.82) is 0 Å². The minimum absolute atomic E-state index is 0.174. The number of halogens is 2. The van der Waals surface area contributed by atoms with Crippen molar-refractivity contribution in [2.45, 2.75) is 13.8 Å². The second-order valence-electron chi connectivity index (χ2n) is 4.25. The highest BCUT2D eigenvalue weighted by molar-refractivity contribution is 9.10. The molecule has 98 valence electrons. The van der Waals surface area contributed by atoms with Gasteiger partial charge in [0.05, 0.1) is 11.9 Å². The monoisotopic (exact) mass is 322 g/mol. The molecule has 3 nitrogen and oxygen atoms in total. The predicted octanol–water partition coefficient (Wildman–Crippen LogP) is 3.85. The van der Waals surface area contributed by atoms with Crippen LogP contribution in [0.4, 0.5) is 10.1 Å². The lowest BCUT2D eigenvalue weighted by molar-refractivity contribution is 0.102. The Morgan fingerprint density at radius 1 is 1.32 bits per heavy atom. The number of nitrogens with one attached hydrogen (secondary N) is 1. The Hall–Kier alpha value is -1.75. The van der Waals surface area contributed by atoms with E-state index in [0.717, 1.165) is 21.8 Å². The second kappa shape index (κ2) is 5.48. The Kier molecular flexibility index (Phi) is 3.95. The van der Waals surface area contributed by atoms with E-state index in [-0.39, 0.29) is 11.6 Å². The Labute approximate surface area is 119 Å². The summed E-state index contributed by atoms with van der Waals surface area (Å²) in [5, 5.41) is 2.77. The summed E-state index contributed by atoms with van der Waals surface area (Å²) in [6, 6.07) is 6.44. The van der Waals surface area contributed by atoms with Gasteiger partial charge in [0.15, 0.2) is 0 Å². The van der Waals surface area contributed by atoms with Gasteiger partial charge in [0.25, 0.3) is 5.91 Å². The fourth-order valence-electron chi connectivity index (χ4n) is 1.76. The summed E-state index contributed by atoms with van der Waals surface area (Å²) in [4.78, 5) is 15.7. The molecule has 0 spiro atoms. The maximum Gasteiger partial charge on any atom is 0.274 e. The molecule has 0 saturated carbocycles. The van der Waals surface area contributed by atoms with Crippen LogP contribution in [0.5, 0.6) is 0 Å². The third-order valence-corrected chi connectivity index (χ3v) is 3.26. The number of amides is 1. The van der Waals surface area contributed by atoms with Crippen molar-refractivity contribution in [3.63, 3.8) is 0 Å².